The molecule has 1 unspecified atom stereocenters. The summed E-state index contributed by atoms with van der Waals surface area (Å²) in [5.41, 5.74) is 2.20. The van der Waals surface area contributed by atoms with Gasteiger partial charge in [0.05, 0.1) is 12.7 Å². The lowest BCUT2D eigenvalue weighted by atomic mass is 9.88. The van der Waals surface area contributed by atoms with Gasteiger partial charge in [-0.2, -0.15) is 0 Å². The number of hydrogen-bond donors (Lipinski definition) is 1. The van der Waals surface area contributed by atoms with E-state index in [1.807, 2.05) is 43.3 Å². The lowest BCUT2D eigenvalue weighted by molar-refractivity contribution is 0.0549. The second-order valence-electron chi connectivity index (χ2n) is 5.14. The van der Waals surface area contributed by atoms with Crippen molar-refractivity contribution < 1.29 is 9.84 Å². The normalized spacial score (nSPS) is 13.9. The third-order valence-electron chi connectivity index (χ3n) is 3.32. The number of methoxy groups -OCH3 is 1. The van der Waals surface area contributed by atoms with Gasteiger partial charge in [-0.3, -0.25) is 0 Å². The molecule has 0 aliphatic heterocycles. The summed E-state index contributed by atoms with van der Waals surface area (Å²) in [6, 6.07) is 15.8. The van der Waals surface area contributed by atoms with E-state index >= 15 is 0 Å². The van der Waals surface area contributed by atoms with Crippen LogP contribution in [0.5, 0.6) is 5.75 Å². The maximum absolute atomic E-state index is 10.8. The number of benzene rings is 2. The molecule has 0 radical (unpaired) electrons. The van der Waals surface area contributed by atoms with Crippen molar-refractivity contribution >= 4 is 0 Å². The van der Waals surface area contributed by atoms with Crippen molar-refractivity contribution in [3.05, 3.63) is 65.2 Å². The minimum absolute atomic E-state index is 0.565. The molecule has 1 atom stereocenters. The van der Waals surface area contributed by atoms with Crippen molar-refractivity contribution in [2.45, 2.75) is 25.9 Å². The lowest BCUT2D eigenvalue weighted by Gasteiger charge is -2.26. The summed E-state index contributed by atoms with van der Waals surface area (Å²) in [6.45, 7) is 3.88. The van der Waals surface area contributed by atoms with E-state index in [2.05, 4.69) is 19.1 Å². The Morgan fingerprint density at radius 1 is 1.11 bits per heavy atom. The van der Waals surface area contributed by atoms with Crippen molar-refractivity contribution in [3.63, 3.8) is 0 Å². The van der Waals surface area contributed by atoms with Crippen LogP contribution >= 0.6 is 0 Å². The fraction of sp³-hybridized carbons (Fsp3) is 0.294. The molecule has 0 aromatic heterocycles. The van der Waals surface area contributed by atoms with E-state index in [1.165, 1.54) is 5.56 Å². The summed E-state index contributed by atoms with van der Waals surface area (Å²) in [7, 11) is 1.63. The van der Waals surface area contributed by atoms with Crippen LogP contribution in [0.1, 0.15) is 23.6 Å². The Kier molecular flexibility index (Phi) is 3.91. The van der Waals surface area contributed by atoms with Crippen LogP contribution < -0.4 is 4.74 Å². The molecule has 19 heavy (non-hydrogen) atoms. The highest BCUT2D eigenvalue weighted by atomic mass is 16.5. The van der Waals surface area contributed by atoms with Gasteiger partial charge in [0.25, 0.3) is 0 Å². The SMILES string of the molecule is COc1ccccc1C(C)(O)Cc1cccc(C)c1. The predicted molar refractivity (Wildman–Crippen MR) is 77.4 cm³/mol. The summed E-state index contributed by atoms with van der Waals surface area (Å²) < 4.78 is 5.33. The van der Waals surface area contributed by atoms with Gasteiger partial charge in [0, 0.05) is 12.0 Å². The van der Waals surface area contributed by atoms with E-state index in [0.717, 1.165) is 16.9 Å². The summed E-state index contributed by atoms with van der Waals surface area (Å²) in [5, 5.41) is 10.8. The first-order valence-corrected chi connectivity index (χ1v) is 6.44. The largest absolute Gasteiger partial charge is 0.496 e. The van der Waals surface area contributed by atoms with Gasteiger partial charge >= 0.3 is 0 Å². The molecule has 0 bridgehead atoms. The summed E-state index contributed by atoms with van der Waals surface area (Å²) >= 11 is 0. The maximum Gasteiger partial charge on any atom is 0.124 e. The smallest absolute Gasteiger partial charge is 0.124 e. The first-order chi connectivity index (χ1) is 9.03. The molecule has 0 saturated heterocycles. The summed E-state index contributed by atoms with van der Waals surface area (Å²) in [6.07, 6.45) is 0.565. The van der Waals surface area contributed by atoms with E-state index in [0.29, 0.717) is 6.42 Å². The van der Waals surface area contributed by atoms with Crippen LogP contribution in [0.25, 0.3) is 0 Å². The molecule has 0 spiro atoms. The van der Waals surface area contributed by atoms with E-state index < -0.39 is 5.60 Å². The number of aryl methyl sites for hydroxylation is 1. The van der Waals surface area contributed by atoms with Crippen LogP contribution in [0.15, 0.2) is 48.5 Å². The standard InChI is InChI=1S/C17H20O2/c1-13-7-6-8-14(11-13)12-17(2,18)15-9-4-5-10-16(15)19-3/h4-11,18H,12H2,1-3H3. The molecule has 2 aromatic carbocycles. The van der Waals surface area contributed by atoms with Crippen LogP contribution in [0, 0.1) is 6.92 Å². The molecular formula is C17H20O2. The first kappa shape index (κ1) is 13.6. The third kappa shape index (κ3) is 3.15. The molecular weight excluding hydrogens is 236 g/mol. The fourth-order valence-corrected chi connectivity index (χ4v) is 2.40. The molecule has 0 saturated carbocycles. The Balaban J connectivity index is 2.32. The minimum atomic E-state index is -0.944. The summed E-state index contributed by atoms with van der Waals surface area (Å²) in [5.74, 6) is 0.722. The molecule has 2 rings (SSSR count). The molecule has 2 aromatic rings. The van der Waals surface area contributed by atoms with Gasteiger partial charge in [0.1, 0.15) is 5.75 Å². The van der Waals surface area contributed by atoms with Gasteiger partial charge in [-0.05, 0) is 25.5 Å². The molecule has 0 aliphatic rings. The third-order valence-corrected chi connectivity index (χ3v) is 3.32. The zero-order valence-corrected chi connectivity index (χ0v) is 11.7. The second-order valence-corrected chi connectivity index (χ2v) is 5.14. The van der Waals surface area contributed by atoms with Gasteiger partial charge in [-0.15, -0.1) is 0 Å². The Morgan fingerprint density at radius 3 is 2.53 bits per heavy atom. The molecule has 2 heteroatoms. The molecule has 100 valence electrons. The van der Waals surface area contributed by atoms with Crippen molar-refractivity contribution in [1.29, 1.82) is 0 Å². The first-order valence-electron chi connectivity index (χ1n) is 6.44. The number of para-hydroxylation sites is 1. The van der Waals surface area contributed by atoms with Gasteiger partial charge in [-0.25, -0.2) is 0 Å². The predicted octanol–water partition coefficient (Wildman–Crippen LogP) is 3.45. The molecule has 0 amide bonds. The Labute approximate surface area is 114 Å². The van der Waals surface area contributed by atoms with Crippen LogP contribution in [-0.2, 0) is 12.0 Å². The van der Waals surface area contributed by atoms with Crippen molar-refractivity contribution in [1.82, 2.24) is 0 Å². The van der Waals surface area contributed by atoms with Crippen LogP contribution in [-0.4, -0.2) is 12.2 Å². The molecule has 2 nitrogen and oxygen atoms in total. The van der Waals surface area contributed by atoms with E-state index in [4.69, 9.17) is 4.74 Å². The van der Waals surface area contributed by atoms with Crippen molar-refractivity contribution in [3.8, 4) is 5.75 Å². The molecule has 0 fully saturated rings. The van der Waals surface area contributed by atoms with Crippen molar-refractivity contribution in [2.24, 2.45) is 0 Å². The highest BCUT2D eigenvalue weighted by Crippen LogP contribution is 2.32. The molecule has 1 N–H and O–H groups in total. The summed E-state index contributed by atoms with van der Waals surface area (Å²) in [4.78, 5) is 0. The number of ether oxygens (including phenoxy) is 1. The Morgan fingerprint density at radius 2 is 1.84 bits per heavy atom. The quantitative estimate of drug-likeness (QED) is 0.907. The van der Waals surface area contributed by atoms with E-state index in [9.17, 15) is 5.11 Å². The van der Waals surface area contributed by atoms with E-state index in [-0.39, 0.29) is 0 Å². The lowest BCUT2D eigenvalue weighted by Crippen LogP contribution is -2.25. The zero-order chi connectivity index (χ0) is 13.9. The Hall–Kier alpha value is -1.80. The average Bonchev–Trinajstić information content (AvgIpc) is 2.38. The molecule has 0 aliphatic carbocycles. The number of hydrogen-bond acceptors (Lipinski definition) is 2. The monoisotopic (exact) mass is 256 g/mol. The zero-order valence-electron chi connectivity index (χ0n) is 11.7. The van der Waals surface area contributed by atoms with Crippen LogP contribution in [0.3, 0.4) is 0 Å². The fourth-order valence-electron chi connectivity index (χ4n) is 2.40. The highest BCUT2D eigenvalue weighted by molar-refractivity contribution is 5.39. The van der Waals surface area contributed by atoms with Gasteiger partial charge < -0.3 is 9.84 Å². The minimum Gasteiger partial charge on any atom is -0.496 e. The van der Waals surface area contributed by atoms with Crippen molar-refractivity contribution in [2.75, 3.05) is 7.11 Å². The molecule has 0 heterocycles. The van der Waals surface area contributed by atoms with Crippen LogP contribution in [0.4, 0.5) is 0 Å². The van der Waals surface area contributed by atoms with Crippen LogP contribution in [0.2, 0.25) is 0 Å². The van der Waals surface area contributed by atoms with Gasteiger partial charge in [0.2, 0.25) is 0 Å². The van der Waals surface area contributed by atoms with Gasteiger partial charge in [-0.1, -0.05) is 48.0 Å². The topological polar surface area (TPSA) is 29.5 Å². The number of rotatable bonds is 4. The van der Waals surface area contributed by atoms with Gasteiger partial charge in [0.15, 0.2) is 0 Å². The average molecular weight is 256 g/mol. The Bertz CT molecular complexity index is 559. The van der Waals surface area contributed by atoms with E-state index in [1.54, 1.807) is 7.11 Å². The highest BCUT2D eigenvalue weighted by Gasteiger charge is 2.26. The second kappa shape index (κ2) is 5.45. The number of aliphatic hydroxyl groups is 1. The maximum atomic E-state index is 10.8.